The molecular formula is C22H28N3O3P. The molecule has 8 atom stereocenters. The van der Waals surface area contributed by atoms with E-state index in [0.29, 0.717) is 12.3 Å². The highest BCUT2D eigenvalue weighted by Crippen LogP contribution is 2.63. The number of carbonyl (C=O) groups is 1. The molecule has 0 spiro atoms. The highest BCUT2D eigenvalue weighted by molar-refractivity contribution is 7.18. The first-order valence-corrected chi connectivity index (χ1v) is 10.8. The molecule has 2 aliphatic heterocycles. The molecule has 1 aliphatic carbocycles. The molecule has 3 aliphatic rings. The number of nitrogens with zero attached hydrogens (tertiary/aromatic N) is 3. The van der Waals surface area contributed by atoms with Gasteiger partial charge in [0, 0.05) is 16.9 Å². The number of hydrogen-bond donors (Lipinski definition) is 0. The molecule has 0 radical (unpaired) electrons. The number of esters is 1. The highest BCUT2D eigenvalue weighted by Gasteiger charge is 2.68. The first-order chi connectivity index (χ1) is 13.8. The lowest BCUT2D eigenvalue weighted by Crippen LogP contribution is -2.57. The monoisotopic (exact) mass is 413 g/mol. The third kappa shape index (κ3) is 3.38. The van der Waals surface area contributed by atoms with Gasteiger partial charge in [-0.3, -0.25) is 0 Å². The van der Waals surface area contributed by atoms with Gasteiger partial charge in [0.1, 0.15) is 11.4 Å². The quantitative estimate of drug-likeness (QED) is 0.172. The van der Waals surface area contributed by atoms with Crippen molar-refractivity contribution in [1.82, 2.24) is 0 Å². The van der Waals surface area contributed by atoms with Crippen LogP contribution in [-0.4, -0.2) is 29.1 Å². The van der Waals surface area contributed by atoms with E-state index in [-0.39, 0.29) is 30.0 Å². The summed E-state index contributed by atoms with van der Waals surface area (Å²) in [6, 6.07) is 9.54. The second kappa shape index (κ2) is 7.43. The van der Waals surface area contributed by atoms with Crippen molar-refractivity contribution in [2.75, 3.05) is 0 Å². The summed E-state index contributed by atoms with van der Waals surface area (Å²) in [5.74, 6) is 0.473. The van der Waals surface area contributed by atoms with E-state index in [1.165, 1.54) is 0 Å². The minimum atomic E-state index is -0.725. The Morgan fingerprint density at radius 3 is 2.79 bits per heavy atom. The van der Waals surface area contributed by atoms with Gasteiger partial charge in [-0.1, -0.05) is 51.6 Å². The number of hydrogen-bond acceptors (Lipinski definition) is 4. The molecule has 1 saturated carbocycles. The molecule has 0 aromatic heterocycles. The molecule has 1 aromatic rings. The van der Waals surface area contributed by atoms with Gasteiger partial charge >= 0.3 is 5.97 Å². The number of fused-ring (bicyclic) bond motifs is 4. The van der Waals surface area contributed by atoms with Gasteiger partial charge in [0.05, 0.1) is 11.6 Å². The average molecular weight is 413 g/mol. The van der Waals surface area contributed by atoms with Gasteiger partial charge in [-0.25, -0.2) is 4.79 Å². The van der Waals surface area contributed by atoms with Crippen LogP contribution in [0.1, 0.15) is 45.6 Å². The smallest absolute Gasteiger partial charge is 0.331 e. The largest absolute Gasteiger partial charge is 0.455 e. The zero-order valence-electron chi connectivity index (χ0n) is 17.1. The van der Waals surface area contributed by atoms with Gasteiger partial charge in [-0.2, -0.15) is 0 Å². The van der Waals surface area contributed by atoms with Crippen molar-refractivity contribution in [3.05, 3.63) is 52.4 Å². The second-order valence-corrected chi connectivity index (χ2v) is 9.93. The fourth-order valence-electron chi connectivity index (χ4n) is 5.77. The molecule has 4 rings (SSSR count). The number of allylic oxidation sites excluding steroid dienone is 1. The van der Waals surface area contributed by atoms with Crippen LogP contribution in [0.4, 0.5) is 0 Å². The molecule has 2 saturated heterocycles. The summed E-state index contributed by atoms with van der Waals surface area (Å²) >= 11 is 0. The van der Waals surface area contributed by atoms with Gasteiger partial charge in [-0.05, 0) is 61.6 Å². The number of benzene rings is 1. The van der Waals surface area contributed by atoms with E-state index in [9.17, 15) is 4.79 Å². The molecule has 1 aromatic carbocycles. The first-order valence-electron chi connectivity index (χ1n) is 10.3. The Labute approximate surface area is 173 Å². The van der Waals surface area contributed by atoms with Crippen LogP contribution in [0, 0.1) is 17.8 Å². The fourth-order valence-corrected chi connectivity index (χ4v) is 6.53. The minimum absolute atomic E-state index is 0.194. The van der Waals surface area contributed by atoms with Gasteiger partial charge in [0.15, 0.2) is 0 Å². The molecule has 154 valence electrons. The van der Waals surface area contributed by atoms with Crippen LogP contribution in [0.2, 0.25) is 0 Å². The summed E-state index contributed by atoms with van der Waals surface area (Å²) in [4.78, 5) is 15.9. The van der Waals surface area contributed by atoms with Crippen molar-refractivity contribution in [2.24, 2.45) is 22.9 Å². The van der Waals surface area contributed by atoms with Crippen LogP contribution in [0.15, 0.2) is 41.5 Å². The van der Waals surface area contributed by atoms with Gasteiger partial charge in [-0.15, -0.1) is 0 Å². The average Bonchev–Trinajstić information content (AvgIpc) is 3.17. The molecule has 2 heterocycles. The summed E-state index contributed by atoms with van der Waals surface area (Å²) in [6.07, 6.45) is 3.77. The second-order valence-electron chi connectivity index (χ2n) is 8.96. The van der Waals surface area contributed by atoms with E-state index in [1.54, 1.807) is 6.08 Å². The lowest BCUT2D eigenvalue weighted by atomic mass is 9.74. The number of rotatable bonds is 4. The molecular weight excluding hydrogens is 385 g/mol. The maximum atomic E-state index is 12.8. The minimum Gasteiger partial charge on any atom is -0.455 e. The first kappa shape index (κ1) is 20.4. The van der Waals surface area contributed by atoms with E-state index >= 15 is 0 Å². The third-order valence-corrected chi connectivity index (χ3v) is 7.89. The van der Waals surface area contributed by atoms with Crippen LogP contribution < -0.4 is 0 Å². The lowest BCUT2D eigenvalue weighted by Gasteiger charge is -2.50. The van der Waals surface area contributed by atoms with Crippen molar-refractivity contribution >= 4 is 20.8 Å². The lowest BCUT2D eigenvalue weighted by molar-refractivity contribution is -0.214. The van der Waals surface area contributed by atoms with Gasteiger partial charge < -0.3 is 9.47 Å². The Balaban J connectivity index is 1.63. The van der Waals surface area contributed by atoms with Crippen molar-refractivity contribution in [1.29, 1.82) is 0 Å². The van der Waals surface area contributed by atoms with Crippen LogP contribution in [-0.2, 0) is 14.3 Å². The van der Waals surface area contributed by atoms with Crippen molar-refractivity contribution in [3.8, 4) is 0 Å². The van der Waals surface area contributed by atoms with Gasteiger partial charge in [0.25, 0.3) is 0 Å². The van der Waals surface area contributed by atoms with Crippen molar-refractivity contribution in [2.45, 2.75) is 63.1 Å². The summed E-state index contributed by atoms with van der Waals surface area (Å²) in [6.45, 7) is 6.20. The Morgan fingerprint density at radius 2 is 2.10 bits per heavy atom. The van der Waals surface area contributed by atoms with Gasteiger partial charge in [0.2, 0.25) is 0 Å². The van der Waals surface area contributed by atoms with E-state index in [1.807, 2.05) is 37.3 Å². The normalized spacial score (nSPS) is 40.8. The molecule has 0 amide bonds. The topological polar surface area (TPSA) is 84.3 Å². The van der Waals surface area contributed by atoms with Crippen molar-refractivity contribution in [3.63, 3.8) is 0 Å². The van der Waals surface area contributed by atoms with Crippen LogP contribution in [0.5, 0.6) is 0 Å². The third-order valence-electron chi connectivity index (χ3n) is 7.20. The zero-order valence-corrected chi connectivity index (χ0v) is 18.3. The SMILES string of the molecule is C/C(=C\C(=O)OC1C2C(C)CCC2C2(C)OC1(P)CC2N=[N+]=[N-])c1ccccc1. The van der Waals surface area contributed by atoms with Crippen LogP contribution >= 0.6 is 9.24 Å². The van der Waals surface area contributed by atoms with Crippen molar-refractivity contribution < 1.29 is 14.3 Å². The molecule has 0 N–H and O–H groups in total. The van der Waals surface area contributed by atoms with Crippen LogP contribution in [0.3, 0.4) is 0 Å². The number of ether oxygens (including phenoxy) is 2. The molecule has 8 unspecified atom stereocenters. The predicted molar refractivity (Wildman–Crippen MR) is 115 cm³/mol. The Hall–Kier alpha value is -1.87. The summed E-state index contributed by atoms with van der Waals surface area (Å²) in [5, 5.41) is 3.34. The predicted octanol–water partition coefficient (Wildman–Crippen LogP) is 5.11. The van der Waals surface area contributed by atoms with E-state index < -0.39 is 10.9 Å². The standard InChI is InChI=1S/C22H28N3O3P/c1-13-9-10-16-19(13)20(22(29)12-17(24-25-23)21(16,3)28-22)27-18(26)11-14(2)15-7-5-4-6-8-15/h4-8,11,13,16-17,19-20H,9-10,12,29H2,1-3H3/b14-11+. The summed E-state index contributed by atoms with van der Waals surface area (Å²) < 4.78 is 12.6. The maximum absolute atomic E-state index is 12.8. The summed E-state index contributed by atoms with van der Waals surface area (Å²) in [5.41, 5.74) is 10.4. The van der Waals surface area contributed by atoms with Crippen LogP contribution in [0.25, 0.3) is 16.0 Å². The molecule has 2 bridgehead atoms. The molecule has 6 nitrogen and oxygen atoms in total. The fraction of sp³-hybridized carbons (Fsp3) is 0.591. The molecule has 29 heavy (non-hydrogen) atoms. The van der Waals surface area contributed by atoms with E-state index in [0.717, 1.165) is 24.0 Å². The Kier molecular flexibility index (Phi) is 5.23. The van der Waals surface area contributed by atoms with E-state index in [4.69, 9.17) is 15.0 Å². The number of carbonyl (C=O) groups excluding carboxylic acids is 1. The maximum Gasteiger partial charge on any atom is 0.331 e. The Bertz CT molecular complexity index is 885. The molecule has 3 fully saturated rings. The van der Waals surface area contributed by atoms with E-state index in [2.05, 4.69) is 33.1 Å². The molecule has 7 heteroatoms. The summed E-state index contributed by atoms with van der Waals surface area (Å²) in [7, 11) is 2.78. The number of azide groups is 1. The Morgan fingerprint density at radius 1 is 1.38 bits per heavy atom. The zero-order chi connectivity index (χ0) is 20.8. The highest BCUT2D eigenvalue weighted by atomic mass is 31.0.